The van der Waals surface area contributed by atoms with Crippen molar-refractivity contribution in [3.8, 4) is 17.0 Å². The van der Waals surface area contributed by atoms with Gasteiger partial charge in [0, 0.05) is 11.8 Å². The summed E-state index contributed by atoms with van der Waals surface area (Å²) in [6, 6.07) is 17.7. The minimum atomic E-state index is 0.703. The molecule has 2 aromatic carbocycles. The lowest BCUT2D eigenvalue weighted by Crippen LogP contribution is -1.91. The van der Waals surface area contributed by atoms with E-state index in [1.165, 1.54) is 0 Å². The van der Waals surface area contributed by atoms with Crippen LogP contribution in [0.4, 0.5) is 0 Å². The predicted octanol–water partition coefficient (Wildman–Crippen LogP) is 4.24. The Kier molecular flexibility index (Phi) is 2.86. The van der Waals surface area contributed by atoms with E-state index in [9.17, 15) is 0 Å². The SMILES string of the molecule is BrOc1ccc(-c2ccn3c(n2)nc2ccccc23)cc1. The van der Waals surface area contributed by atoms with Gasteiger partial charge in [-0.05, 0) is 42.5 Å². The van der Waals surface area contributed by atoms with E-state index < -0.39 is 0 Å². The smallest absolute Gasteiger partial charge is 0.235 e. The highest BCUT2D eigenvalue weighted by Gasteiger charge is 2.07. The molecule has 0 unspecified atom stereocenters. The molecule has 0 N–H and O–H groups in total. The first-order valence-electron chi connectivity index (χ1n) is 6.48. The number of imidazole rings is 1. The van der Waals surface area contributed by atoms with E-state index in [4.69, 9.17) is 3.83 Å². The van der Waals surface area contributed by atoms with Gasteiger partial charge in [0.05, 0.1) is 16.7 Å². The van der Waals surface area contributed by atoms with Crippen LogP contribution >= 0.6 is 16.3 Å². The van der Waals surface area contributed by atoms with Crippen molar-refractivity contribution in [1.29, 1.82) is 0 Å². The van der Waals surface area contributed by atoms with Crippen LogP contribution in [0, 0.1) is 0 Å². The average molecular weight is 340 g/mol. The molecule has 4 rings (SSSR count). The van der Waals surface area contributed by atoms with Crippen LogP contribution < -0.4 is 3.83 Å². The van der Waals surface area contributed by atoms with Gasteiger partial charge in [-0.3, -0.25) is 4.40 Å². The van der Waals surface area contributed by atoms with E-state index in [1.54, 1.807) is 0 Å². The molecule has 0 saturated heterocycles. The molecule has 0 aliphatic rings. The molecule has 102 valence electrons. The zero-order chi connectivity index (χ0) is 14.2. The van der Waals surface area contributed by atoms with Crippen LogP contribution in [0.15, 0.2) is 60.8 Å². The summed E-state index contributed by atoms with van der Waals surface area (Å²) in [7, 11) is 0. The largest absolute Gasteiger partial charge is 0.418 e. The molecule has 21 heavy (non-hydrogen) atoms. The monoisotopic (exact) mass is 339 g/mol. The van der Waals surface area contributed by atoms with Gasteiger partial charge in [-0.15, -0.1) is 0 Å². The van der Waals surface area contributed by atoms with Gasteiger partial charge in [-0.1, -0.05) is 12.1 Å². The van der Waals surface area contributed by atoms with Crippen LogP contribution in [-0.2, 0) is 0 Å². The summed E-state index contributed by atoms with van der Waals surface area (Å²) < 4.78 is 6.99. The van der Waals surface area contributed by atoms with Crippen LogP contribution in [0.1, 0.15) is 0 Å². The zero-order valence-electron chi connectivity index (χ0n) is 10.9. The first-order chi connectivity index (χ1) is 10.3. The highest BCUT2D eigenvalue weighted by molar-refractivity contribution is 9.06. The van der Waals surface area contributed by atoms with Crippen LogP contribution in [0.25, 0.3) is 28.1 Å². The molecule has 0 atom stereocenters. The van der Waals surface area contributed by atoms with Gasteiger partial charge < -0.3 is 3.83 Å². The van der Waals surface area contributed by atoms with Crippen LogP contribution in [0.3, 0.4) is 0 Å². The van der Waals surface area contributed by atoms with Gasteiger partial charge in [-0.25, -0.2) is 9.97 Å². The Balaban J connectivity index is 1.87. The lowest BCUT2D eigenvalue weighted by atomic mass is 10.1. The van der Waals surface area contributed by atoms with Crippen LogP contribution in [0.2, 0.25) is 0 Å². The number of para-hydroxylation sites is 2. The lowest BCUT2D eigenvalue weighted by molar-refractivity contribution is 0.678. The number of benzene rings is 2. The van der Waals surface area contributed by atoms with E-state index in [0.29, 0.717) is 5.78 Å². The summed E-state index contributed by atoms with van der Waals surface area (Å²) in [5, 5.41) is 0. The van der Waals surface area contributed by atoms with Crippen LogP contribution in [0.5, 0.6) is 5.75 Å². The van der Waals surface area contributed by atoms with Crippen molar-refractivity contribution in [1.82, 2.24) is 14.4 Å². The summed E-state index contributed by atoms with van der Waals surface area (Å²) >= 11 is 2.96. The highest BCUT2D eigenvalue weighted by Crippen LogP contribution is 2.23. The quantitative estimate of drug-likeness (QED) is 0.548. The van der Waals surface area contributed by atoms with E-state index in [-0.39, 0.29) is 0 Å². The van der Waals surface area contributed by atoms with Crippen molar-refractivity contribution in [2.24, 2.45) is 0 Å². The minimum Gasteiger partial charge on any atom is -0.418 e. The summed E-state index contributed by atoms with van der Waals surface area (Å²) in [5.74, 6) is 1.46. The van der Waals surface area contributed by atoms with E-state index in [2.05, 4.69) is 26.2 Å². The minimum absolute atomic E-state index is 0.703. The average Bonchev–Trinajstić information content (AvgIpc) is 2.92. The summed E-state index contributed by atoms with van der Waals surface area (Å²) in [6.07, 6.45) is 2.00. The van der Waals surface area contributed by atoms with Crippen molar-refractivity contribution in [2.75, 3.05) is 0 Å². The third-order valence-corrected chi connectivity index (χ3v) is 3.79. The summed E-state index contributed by atoms with van der Waals surface area (Å²) in [6.45, 7) is 0. The van der Waals surface area contributed by atoms with Crippen molar-refractivity contribution >= 4 is 33.1 Å². The maximum Gasteiger partial charge on any atom is 0.235 e. The molecule has 0 bridgehead atoms. The normalized spacial score (nSPS) is 11.1. The number of hydrogen-bond acceptors (Lipinski definition) is 3. The first-order valence-corrected chi connectivity index (χ1v) is 7.13. The standard InChI is InChI=1S/C16H10BrN3O/c17-21-12-7-5-11(6-8-12)13-9-10-20-15-4-2-1-3-14(15)19-16(20)18-13/h1-10H. The molecule has 0 spiro atoms. The molecule has 2 aromatic heterocycles. The predicted molar refractivity (Wildman–Crippen MR) is 85.5 cm³/mol. The lowest BCUT2D eigenvalue weighted by Gasteiger charge is -2.03. The van der Waals surface area contributed by atoms with Crippen molar-refractivity contribution < 1.29 is 3.83 Å². The van der Waals surface area contributed by atoms with Gasteiger partial charge in [0.25, 0.3) is 0 Å². The molecule has 4 aromatic rings. The number of hydrogen-bond donors (Lipinski definition) is 0. The van der Waals surface area contributed by atoms with Gasteiger partial charge in [0.1, 0.15) is 5.75 Å². The Labute approximate surface area is 129 Å². The van der Waals surface area contributed by atoms with Crippen LogP contribution in [-0.4, -0.2) is 14.4 Å². The Hall–Kier alpha value is -2.40. The molecular weight excluding hydrogens is 330 g/mol. The molecule has 0 fully saturated rings. The Bertz CT molecular complexity index is 931. The van der Waals surface area contributed by atoms with Crippen molar-refractivity contribution in [2.45, 2.75) is 0 Å². The second-order valence-electron chi connectivity index (χ2n) is 4.68. The number of nitrogens with zero attached hydrogens (tertiary/aromatic N) is 3. The maximum atomic E-state index is 4.99. The number of rotatable bonds is 2. The van der Waals surface area contributed by atoms with E-state index in [1.807, 2.05) is 65.2 Å². The topological polar surface area (TPSA) is 39.4 Å². The fourth-order valence-corrected chi connectivity index (χ4v) is 2.60. The Morgan fingerprint density at radius 2 is 1.71 bits per heavy atom. The number of halogens is 1. The summed E-state index contributed by atoms with van der Waals surface area (Å²) in [5.41, 5.74) is 3.93. The third kappa shape index (κ3) is 2.06. The van der Waals surface area contributed by atoms with Gasteiger partial charge in [-0.2, -0.15) is 0 Å². The molecule has 2 heterocycles. The molecule has 0 aliphatic carbocycles. The zero-order valence-corrected chi connectivity index (χ0v) is 12.5. The molecule has 4 nitrogen and oxygen atoms in total. The fourth-order valence-electron chi connectivity index (χ4n) is 2.39. The molecule has 0 saturated carbocycles. The fraction of sp³-hybridized carbons (Fsp3) is 0. The second-order valence-corrected chi connectivity index (χ2v) is 5.01. The maximum absolute atomic E-state index is 4.99. The molecule has 0 radical (unpaired) electrons. The third-order valence-electron chi connectivity index (χ3n) is 3.42. The molecular formula is C16H10BrN3O. The van der Waals surface area contributed by atoms with Gasteiger partial charge >= 0.3 is 0 Å². The van der Waals surface area contributed by atoms with E-state index in [0.717, 1.165) is 28.0 Å². The first kappa shape index (κ1) is 12.3. The Morgan fingerprint density at radius 3 is 2.52 bits per heavy atom. The molecule has 0 amide bonds. The second kappa shape index (κ2) is 4.86. The summed E-state index contributed by atoms with van der Waals surface area (Å²) in [4.78, 5) is 9.19. The molecule has 0 aliphatic heterocycles. The van der Waals surface area contributed by atoms with Crippen molar-refractivity contribution in [3.05, 3.63) is 60.8 Å². The van der Waals surface area contributed by atoms with Gasteiger partial charge in [0.2, 0.25) is 5.78 Å². The molecule has 5 heteroatoms. The number of fused-ring (bicyclic) bond motifs is 3. The van der Waals surface area contributed by atoms with E-state index >= 15 is 0 Å². The van der Waals surface area contributed by atoms with Crippen molar-refractivity contribution in [3.63, 3.8) is 0 Å². The number of aromatic nitrogens is 3. The van der Waals surface area contributed by atoms with Gasteiger partial charge in [0.15, 0.2) is 16.3 Å². The highest BCUT2D eigenvalue weighted by atomic mass is 79.9. The Morgan fingerprint density at radius 1 is 0.905 bits per heavy atom.